The Morgan fingerprint density at radius 1 is 1.25 bits per heavy atom. The van der Waals surface area contributed by atoms with Crippen LogP contribution in [0.5, 0.6) is 0 Å². The molecule has 0 radical (unpaired) electrons. The lowest BCUT2D eigenvalue weighted by molar-refractivity contribution is -0.173. The van der Waals surface area contributed by atoms with Crippen LogP contribution in [0.1, 0.15) is 19.3 Å². The molecule has 0 aromatic carbocycles. The van der Waals surface area contributed by atoms with Crippen molar-refractivity contribution in [2.24, 2.45) is 5.73 Å². The lowest BCUT2D eigenvalue weighted by Crippen LogP contribution is -2.22. The minimum atomic E-state index is -4.26. The van der Waals surface area contributed by atoms with Gasteiger partial charge in [-0.25, -0.2) is 0 Å². The van der Waals surface area contributed by atoms with E-state index >= 15 is 0 Å². The van der Waals surface area contributed by atoms with Crippen LogP contribution in [-0.2, 0) is 9.53 Å². The third kappa shape index (κ3) is 13.2. The number of nitrogens with two attached hydrogens (primary N) is 1. The fourth-order valence-electron chi connectivity index (χ4n) is 1.000. The minimum Gasteiger partial charge on any atom is -0.372 e. The van der Waals surface area contributed by atoms with E-state index in [-0.39, 0.29) is 12.5 Å². The number of carbonyl (C=O) groups excluding carboxylic acids is 1. The maximum absolute atomic E-state index is 11.6. The van der Waals surface area contributed by atoms with Gasteiger partial charge in [-0.3, -0.25) is 4.79 Å². The Hall–Kier alpha value is -0.820. The maximum Gasteiger partial charge on any atom is 0.411 e. The summed E-state index contributed by atoms with van der Waals surface area (Å²) in [4.78, 5) is 10.3. The standard InChI is InChI=1S/C9H17F3N2O2/c10-9(11,12)7-16-6-2-5-14-4-1-3-8(13)15/h14H,1-7H2,(H2,13,15). The third-order valence-electron chi connectivity index (χ3n) is 1.68. The number of rotatable bonds is 9. The number of halogens is 3. The Kier molecular flexibility index (Phi) is 7.92. The zero-order valence-corrected chi connectivity index (χ0v) is 8.98. The predicted octanol–water partition coefficient (Wildman–Crippen LogP) is 0.810. The van der Waals surface area contributed by atoms with Crippen molar-refractivity contribution in [1.29, 1.82) is 0 Å². The highest BCUT2D eigenvalue weighted by molar-refractivity contribution is 5.73. The molecular weight excluding hydrogens is 225 g/mol. The molecule has 7 heteroatoms. The van der Waals surface area contributed by atoms with Crippen molar-refractivity contribution in [3.05, 3.63) is 0 Å². The molecule has 0 fully saturated rings. The maximum atomic E-state index is 11.6. The van der Waals surface area contributed by atoms with E-state index in [0.717, 1.165) is 0 Å². The fourth-order valence-corrected chi connectivity index (χ4v) is 1.000. The van der Waals surface area contributed by atoms with Gasteiger partial charge in [0, 0.05) is 13.0 Å². The van der Waals surface area contributed by atoms with Gasteiger partial charge in [-0.2, -0.15) is 13.2 Å². The molecule has 4 nitrogen and oxygen atoms in total. The Balaban J connectivity index is 3.07. The molecule has 0 rings (SSSR count). The van der Waals surface area contributed by atoms with E-state index in [1.165, 1.54) is 0 Å². The van der Waals surface area contributed by atoms with E-state index in [0.29, 0.717) is 32.4 Å². The topological polar surface area (TPSA) is 64.4 Å². The molecular formula is C9H17F3N2O2. The normalized spacial score (nSPS) is 11.7. The highest BCUT2D eigenvalue weighted by Gasteiger charge is 2.26. The van der Waals surface area contributed by atoms with E-state index in [4.69, 9.17) is 5.73 Å². The first-order valence-electron chi connectivity index (χ1n) is 5.05. The number of amides is 1. The van der Waals surface area contributed by atoms with Gasteiger partial charge < -0.3 is 15.8 Å². The Morgan fingerprint density at radius 3 is 2.44 bits per heavy atom. The molecule has 0 aliphatic heterocycles. The van der Waals surface area contributed by atoms with Crippen molar-refractivity contribution >= 4 is 5.91 Å². The molecule has 1 amide bonds. The molecule has 0 unspecified atom stereocenters. The second kappa shape index (κ2) is 8.35. The zero-order chi connectivity index (χ0) is 12.4. The van der Waals surface area contributed by atoms with Gasteiger partial charge in [0.25, 0.3) is 0 Å². The van der Waals surface area contributed by atoms with E-state index < -0.39 is 12.8 Å². The second-order valence-electron chi connectivity index (χ2n) is 3.34. The van der Waals surface area contributed by atoms with Crippen LogP contribution >= 0.6 is 0 Å². The second-order valence-corrected chi connectivity index (χ2v) is 3.34. The summed E-state index contributed by atoms with van der Waals surface area (Å²) >= 11 is 0. The highest BCUT2D eigenvalue weighted by Crippen LogP contribution is 2.14. The molecule has 0 bridgehead atoms. The average Bonchev–Trinajstić information content (AvgIpc) is 2.13. The number of primary amides is 1. The van der Waals surface area contributed by atoms with Gasteiger partial charge in [0.1, 0.15) is 6.61 Å². The Labute approximate surface area is 92.3 Å². The first-order valence-corrected chi connectivity index (χ1v) is 5.05. The van der Waals surface area contributed by atoms with E-state index in [1.54, 1.807) is 0 Å². The minimum absolute atomic E-state index is 0.0718. The van der Waals surface area contributed by atoms with Crippen LogP contribution in [-0.4, -0.2) is 38.4 Å². The monoisotopic (exact) mass is 242 g/mol. The van der Waals surface area contributed by atoms with Crippen molar-refractivity contribution in [3.63, 3.8) is 0 Å². The van der Waals surface area contributed by atoms with Crippen molar-refractivity contribution in [2.75, 3.05) is 26.3 Å². The Morgan fingerprint density at radius 2 is 1.88 bits per heavy atom. The zero-order valence-electron chi connectivity index (χ0n) is 8.98. The summed E-state index contributed by atoms with van der Waals surface area (Å²) < 4.78 is 39.3. The van der Waals surface area contributed by atoms with Gasteiger partial charge in [-0.1, -0.05) is 0 Å². The molecule has 16 heavy (non-hydrogen) atoms. The van der Waals surface area contributed by atoms with Crippen molar-refractivity contribution in [2.45, 2.75) is 25.4 Å². The van der Waals surface area contributed by atoms with Crippen LogP contribution in [0, 0.1) is 0 Å². The largest absolute Gasteiger partial charge is 0.411 e. The molecule has 0 aliphatic carbocycles. The summed E-state index contributed by atoms with van der Waals surface area (Å²) in [6.45, 7) is 0.0653. The van der Waals surface area contributed by atoms with Crippen LogP contribution in [0.3, 0.4) is 0 Å². The summed E-state index contributed by atoms with van der Waals surface area (Å²) in [5.74, 6) is -0.352. The summed E-state index contributed by atoms with van der Waals surface area (Å²) in [7, 11) is 0. The molecule has 0 heterocycles. The molecule has 0 aromatic heterocycles. The number of hydrogen-bond acceptors (Lipinski definition) is 3. The van der Waals surface area contributed by atoms with Crippen LogP contribution in [0.4, 0.5) is 13.2 Å². The Bertz CT molecular complexity index is 198. The quantitative estimate of drug-likeness (QED) is 0.588. The van der Waals surface area contributed by atoms with Gasteiger partial charge in [0.05, 0.1) is 0 Å². The van der Waals surface area contributed by atoms with Gasteiger partial charge in [-0.05, 0) is 25.9 Å². The highest BCUT2D eigenvalue weighted by atomic mass is 19.4. The van der Waals surface area contributed by atoms with Crippen molar-refractivity contribution in [1.82, 2.24) is 5.32 Å². The molecule has 0 saturated heterocycles. The molecule has 0 atom stereocenters. The molecule has 0 spiro atoms. The summed E-state index contributed by atoms with van der Waals surface area (Å²) in [5, 5.41) is 2.97. The summed E-state index contributed by atoms with van der Waals surface area (Å²) in [6.07, 6.45) is -2.79. The molecule has 3 N–H and O–H groups in total. The third-order valence-corrected chi connectivity index (χ3v) is 1.68. The number of hydrogen-bond donors (Lipinski definition) is 2. The van der Waals surface area contributed by atoms with E-state index in [2.05, 4.69) is 10.1 Å². The summed E-state index contributed by atoms with van der Waals surface area (Å²) in [5.41, 5.74) is 4.92. The predicted molar refractivity (Wildman–Crippen MR) is 52.8 cm³/mol. The van der Waals surface area contributed by atoms with Crippen LogP contribution in [0.15, 0.2) is 0 Å². The number of carbonyl (C=O) groups is 1. The van der Waals surface area contributed by atoms with Crippen LogP contribution in [0.25, 0.3) is 0 Å². The lowest BCUT2D eigenvalue weighted by Gasteiger charge is -2.07. The molecule has 0 saturated carbocycles. The number of alkyl halides is 3. The van der Waals surface area contributed by atoms with Gasteiger partial charge in [0.2, 0.25) is 5.91 Å². The van der Waals surface area contributed by atoms with Crippen LogP contribution in [0.2, 0.25) is 0 Å². The van der Waals surface area contributed by atoms with E-state index in [1.807, 2.05) is 0 Å². The average molecular weight is 242 g/mol. The van der Waals surface area contributed by atoms with Crippen molar-refractivity contribution in [3.8, 4) is 0 Å². The molecule has 96 valence electrons. The smallest absolute Gasteiger partial charge is 0.372 e. The van der Waals surface area contributed by atoms with Gasteiger partial charge in [0.15, 0.2) is 0 Å². The lowest BCUT2D eigenvalue weighted by atomic mass is 10.3. The van der Waals surface area contributed by atoms with Crippen LogP contribution < -0.4 is 11.1 Å². The van der Waals surface area contributed by atoms with E-state index in [9.17, 15) is 18.0 Å². The van der Waals surface area contributed by atoms with Gasteiger partial charge in [-0.15, -0.1) is 0 Å². The molecule has 0 aliphatic rings. The first-order chi connectivity index (χ1) is 7.42. The first kappa shape index (κ1) is 15.2. The molecule has 0 aromatic rings. The van der Waals surface area contributed by atoms with Crippen molar-refractivity contribution < 1.29 is 22.7 Å². The number of ether oxygens (including phenoxy) is 1. The number of nitrogens with one attached hydrogen (secondary N) is 1. The fraction of sp³-hybridized carbons (Fsp3) is 0.889. The SMILES string of the molecule is NC(=O)CCCNCCCOCC(F)(F)F. The van der Waals surface area contributed by atoms with Gasteiger partial charge >= 0.3 is 6.18 Å². The summed E-state index contributed by atoms with van der Waals surface area (Å²) in [6, 6.07) is 0.